The van der Waals surface area contributed by atoms with Crippen molar-refractivity contribution >= 4 is 28.2 Å². The average molecular weight is 280 g/mol. The number of aromatic carboxylic acids is 1. The first-order valence-electron chi connectivity index (χ1n) is 5.48. The first kappa shape index (κ1) is 13.3. The minimum Gasteiger partial charge on any atom is -0.478 e. The fraction of sp³-hybridized carbons (Fsp3) is 0.250. The quantitative estimate of drug-likeness (QED) is 0.901. The molecular formula is C12H12N2O4S. The van der Waals surface area contributed by atoms with E-state index in [1.807, 2.05) is 0 Å². The van der Waals surface area contributed by atoms with Crippen molar-refractivity contribution in [3.63, 3.8) is 0 Å². The maximum absolute atomic E-state index is 12.1. The molecule has 2 aromatic rings. The topological polar surface area (TPSA) is 92.4 Å². The number of hydrogen-bond acceptors (Lipinski definition) is 5. The van der Waals surface area contributed by atoms with Gasteiger partial charge < -0.3 is 14.9 Å². The van der Waals surface area contributed by atoms with Crippen molar-refractivity contribution in [3.05, 3.63) is 33.5 Å². The van der Waals surface area contributed by atoms with Crippen LogP contribution in [0.1, 0.15) is 37.0 Å². The Labute approximate surface area is 113 Å². The summed E-state index contributed by atoms with van der Waals surface area (Å²) in [6.45, 7) is 5.07. The van der Waals surface area contributed by atoms with Crippen LogP contribution in [0.2, 0.25) is 0 Å². The van der Waals surface area contributed by atoms with E-state index in [1.54, 1.807) is 20.8 Å². The number of rotatable bonds is 3. The summed E-state index contributed by atoms with van der Waals surface area (Å²) in [5, 5.41) is 15.7. The van der Waals surface area contributed by atoms with Crippen LogP contribution in [-0.2, 0) is 0 Å². The summed E-state index contributed by atoms with van der Waals surface area (Å²) >= 11 is 1.22. The van der Waals surface area contributed by atoms with Gasteiger partial charge in [0, 0.05) is 4.88 Å². The predicted octanol–water partition coefficient (Wildman–Crippen LogP) is 2.61. The Morgan fingerprint density at radius 2 is 2.05 bits per heavy atom. The molecule has 2 N–H and O–H groups in total. The van der Waals surface area contributed by atoms with Crippen LogP contribution in [0.15, 0.2) is 10.6 Å². The predicted molar refractivity (Wildman–Crippen MR) is 69.9 cm³/mol. The third-order valence-corrected chi connectivity index (χ3v) is 3.54. The van der Waals surface area contributed by atoms with Crippen molar-refractivity contribution in [2.45, 2.75) is 20.8 Å². The van der Waals surface area contributed by atoms with Crippen LogP contribution in [0, 0.1) is 20.8 Å². The summed E-state index contributed by atoms with van der Waals surface area (Å²) in [7, 11) is 0. The molecule has 6 nitrogen and oxygen atoms in total. The first-order chi connectivity index (χ1) is 8.90. The molecule has 0 saturated carbocycles. The van der Waals surface area contributed by atoms with Gasteiger partial charge in [-0.05, 0) is 26.8 Å². The molecule has 0 aromatic carbocycles. The molecule has 2 heterocycles. The lowest BCUT2D eigenvalue weighted by Gasteiger charge is -2.03. The minimum atomic E-state index is -1.07. The number of aryl methyl sites for hydroxylation is 3. The molecule has 0 unspecified atom stereocenters. The van der Waals surface area contributed by atoms with E-state index in [4.69, 9.17) is 9.63 Å². The van der Waals surface area contributed by atoms with E-state index in [1.165, 1.54) is 17.4 Å². The second-order valence-electron chi connectivity index (χ2n) is 4.06. The molecule has 0 atom stereocenters. The highest BCUT2D eigenvalue weighted by molar-refractivity contribution is 7.16. The van der Waals surface area contributed by atoms with Gasteiger partial charge in [0.05, 0.1) is 11.3 Å². The molecule has 7 heteroatoms. The number of carboxylic acids is 1. The standard InChI is InChI=1S/C12H12N2O4S/c1-5-4-8(12(16)17)11(19-5)13-10(15)9-6(2)14-18-7(9)3/h4H,1-3H3,(H,13,15)(H,16,17). The van der Waals surface area contributed by atoms with Crippen LogP contribution in [0.4, 0.5) is 5.00 Å². The lowest BCUT2D eigenvalue weighted by atomic mass is 10.2. The zero-order chi connectivity index (χ0) is 14.2. The number of nitrogens with one attached hydrogen (secondary N) is 1. The zero-order valence-electron chi connectivity index (χ0n) is 10.6. The van der Waals surface area contributed by atoms with E-state index in [0.717, 1.165) is 4.88 Å². The summed E-state index contributed by atoms with van der Waals surface area (Å²) in [5.41, 5.74) is 0.894. The summed E-state index contributed by atoms with van der Waals surface area (Å²) < 4.78 is 4.91. The fourth-order valence-electron chi connectivity index (χ4n) is 1.74. The van der Waals surface area contributed by atoms with Crippen molar-refractivity contribution < 1.29 is 19.2 Å². The number of carboxylic acid groups (broad SMARTS) is 1. The third-order valence-electron chi connectivity index (χ3n) is 2.57. The molecule has 19 heavy (non-hydrogen) atoms. The van der Waals surface area contributed by atoms with Gasteiger partial charge in [-0.15, -0.1) is 11.3 Å². The first-order valence-corrected chi connectivity index (χ1v) is 6.29. The Balaban J connectivity index is 2.32. The van der Waals surface area contributed by atoms with Crippen LogP contribution in [0.5, 0.6) is 0 Å². The second kappa shape index (κ2) is 4.85. The lowest BCUT2D eigenvalue weighted by molar-refractivity contribution is 0.0698. The smallest absolute Gasteiger partial charge is 0.338 e. The molecule has 0 spiro atoms. The lowest BCUT2D eigenvalue weighted by Crippen LogP contribution is -2.14. The van der Waals surface area contributed by atoms with Gasteiger partial charge in [-0.2, -0.15) is 0 Å². The van der Waals surface area contributed by atoms with Crippen LogP contribution in [-0.4, -0.2) is 22.1 Å². The van der Waals surface area contributed by atoms with E-state index in [2.05, 4.69) is 10.5 Å². The number of nitrogens with zero attached hydrogens (tertiary/aromatic N) is 1. The Bertz CT molecular complexity index is 637. The summed E-state index contributed by atoms with van der Waals surface area (Å²) in [4.78, 5) is 24.0. The van der Waals surface area contributed by atoms with Crippen molar-refractivity contribution in [2.75, 3.05) is 5.32 Å². The Morgan fingerprint density at radius 1 is 1.37 bits per heavy atom. The molecule has 2 rings (SSSR count). The SMILES string of the molecule is Cc1cc(C(=O)O)c(NC(=O)c2c(C)noc2C)s1. The normalized spacial score (nSPS) is 10.5. The van der Waals surface area contributed by atoms with Gasteiger partial charge in [-0.1, -0.05) is 5.16 Å². The number of aromatic nitrogens is 1. The number of amides is 1. The summed E-state index contributed by atoms with van der Waals surface area (Å²) in [6.07, 6.45) is 0. The van der Waals surface area contributed by atoms with Crippen molar-refractivity contribution in [2.24, 2.45) is 0 Å². The van der Waals surface area contributed by atoms with E-state index < -0.39 is 11.9 Å². The summed E-state index contributed by atoms with van der Waals surface area (Å²) in [6, 6.07) is 1.52. The highest BCUT2D eigenvalue weighted by atomic mass is 32.1. The Hall–Kier alpha value is -2.15. The van der Waals surface area contributed by atoms with Crippen molar-refractivity contribution in [1.82, 2.24) is 5.16 Å². The molecule has 1 amide bonds. The number of thiophene rings is 1. The molecule has 0 fully saturated rings. The molecule has 0 bridgehead atoms. The Kier molecular flexibility index (Phi) is 3.39. The maximum atomic E-state index is 12.1. The molecule has 0 radical (unpaired) electrons. The molecule has 0 aliphatic carbocycles. The summed E-state index contributed by atoms with van der Waals surface area (Å²) in [5.74, 6) is -1.08. The number of anilines is 1. The average Bonchev–Trinajstić information content (AvgIpc) is 2.82. The van der Waals surface area contributed by atoms with Gasteiger partial charge in [-0.25, -0.2) is 4.79 Å². The second-order valence-corrected chi connectivity index (χ2v) is 5.31. The van der Waals surface area contributed by atoms with Gasteiger partial charge >= 0.3 is 5.97 Å². The molecular weight excluding hydrogens is 268 g/mol. The highest BCUT2D eigenvalue weighted by Crippen LogP contribution is 2.28. The van der Waals surface area contributed by atoms with E-state index in [9.17, 15) is 9.59 Å². The fourth-order valence-corrected chi connectivity index (χ4v) is 2.64. The van der Waals surface area contributed by atoms with Crippen LogP contribution < -0.4 is 5.32 Å². The molecule has 0 aliphatic heterocycles. The molecule has 0 aliphatic rings. The molecule has 100 valence electrons. The number of carbonyl (C=O) groups is 2. The maximum Gasteiger partial charge on any atom is 0.338 e. The van der Waals surface area contributed by atoms with Crippen LogP contribution >= 0.6 is 11.3 Å². The Morgan fingerprint density at radius 3 is 2.58 bits per heavy atom. The van der Waals surface area contributed by atoms with Gasteiger partial charge in [0.15, 0.2) is 0 Å². The third kappa shape index (κ3) is 2.50. The zero-order valence-corrected chi connectivity index (χ0v) is 11.4. The van der Waals surface area contributed by atoms with Crippen molar-refractivity contribution in [3.8, 4) is 0 Å². The van der Waals surface area contributed by atoms with Crippen LogP contribution in [0.25, 0.3) is 0 Å². The van der Waals surface area contributed by atoms with Gasteiger partial charge in [0.2, 0.25) is 0 Å². The van der Waals surface area contributed by atoms with Gasteiger partial charge in [0.1, 0.15) is 16.3 Å². The number of carbonyl (C=O) groups excluding carboxylic acids is 1. The largest absolute Gasteiger partial charge is 0.478 e. The molecule has 0 saturated heterocycles. The van der Waals surface area contributed by atoms with E-state index >= 15 is 0 Å². The molecule has 2 aromatic heterocycles. The highest BCUT2D eigenvalue weighted by Gasteiger charge is 2.21. The van der Waals surface area contributed by atoms with E-state index in [0.29, 0.717) is 22.0 Å². The van der Waals surface area contributed by atoms with Crippen LogP contribution in [0.3, 0.4) is 0 Å². The minimum absolute atomic E-state index is 0.0858. The number of hydrogen-bond donors (Lipinski definition) is 2. The monoisotopic (exact) mass is 280 g/mol. The van der Waals surface area contributed by atoms with E-state index in [-0.39, 0.29) is 5.56 Å². The van der Waals surface area contributed by atoms with Crippen molar-refractivity contribution in [1.29, 1.82) is 0 Å². The van der Waals surface area contributed by atoms with Gasteiger partial charge in [-0.3, -0.25) is 4.79 Å². The van der Waals surface area contributed by atoms with Gasteiger partial charge in [0.25, 0.3) is 5.91 Å².